The van der Waals surface area contributed by atoms with Crippen LogP contribution in [0.15, 0.2) is 0 Å². The monoisotopic (exact) mass is 291 g/mol. The fraction of sp³-hybridized carbons (Fsp3) is 0.812. The molecule has 0 aromatic carbocycles. The summed E-state index contributed by atoms with van der Waals surface area (Å²) < 4.78 is 5.31. The van der Waals surface area contributed by atoms with Crippen LogP contribution >= 0.6 is 0 Å². The summed E-state index contributed by atoms with van der Waals surface area (Å²) in [4.78, 5) is 17.2. The summed E-state index contributed by atoms with van der Waals surface area (Å²) in [5.74, 6) is 1.98. The molecule has 116 valence electrons. The molecule has 0 amide bonds. The quantitative estimate of drug-likeness (QED) is 0.865. The number of aromatic nitrogens is 3. The number of hydrogen-bond acceptors (Lipinski definition) is 4. The minimum Gasteiger partial charge on any atom is -0.465 e. The van der Waals surface area contributed by atoms with Gasteiger partial charge in [-0.15, -0.1) is 0 Å². The van der Waals surface area contributed by atoms with Crippen LogP contribution in [-0.2, 0) is 14.9 Å². The van der Waals surface area contributed by atoms with Crippen LogP contribution in [0.3, 0.4) is 0 Å². The van der Waals surface area contributed by atoms with Crippen LogP contribution in [0.4, 0.5) is 0 Å². The number of H-pyrrole nitrogens is 1. The molecule has 21 heavy (non-hydrogen) atoms. The largest absolute Gasteiger partial charge is 0.465 e. The van der Waals surface area contributed by atoms with Crippen molar-refractivity contribution >= 4 is 5.97 Å². The van der Waals surface area contributed by atoms with Crippen LogP contribution < -0.4 is 0 Å². The van der Waals surface area contributed by atoms with Gasteiger partial charge in [0.1, 0.15) is 11.2 Å². The molecule has 2 saturated carbocycles. The minimum absolute atomic E-state index is 0.142. The molecule has 0 atom stereocenters. The number of carbonyl (C=O) groups is 1. The lowest BCUT2D eigenvalue weighted by atomic mass is 9.85. The zero-order valence-corrected chi connectivity index (χ0v) is 12.9. The second kappa shape index (κ2) is 6.16. The van der Waals surface area contributed by atoms with Gasteiger partial charge >= 0.3 is 5.97 Å². The molecule has 5 heteroatoms. The van der Waals surface area contributed by atoms with Gasteiger partial charge in [-0.25, -0.2) is 4.98 Å². The lowest BCUT2D eigenvalue weighted by Crippen LogP contribution is -2.36. The first-order chi connectivity index (χ1) is 10.3. The van der Waals surface area contributed by atoms with Gasteiger partial charge in [-0.3, -0.25) is 9.89 Å². The van der Waals surface area contributed by atoms with Gasteiger partial charge in [0.25, 0.3) is 0 Å². The highest BCUT2D eigenvalue weighted by atomic mass is 16.5. The first-order valence-electron chi connectivity index (χ1n) is 8.36. The standard InChI is InChI=1S/C16H25N3O2/c1-2-21-15(20)16(10-6-7-11-16)14-17-13(18-19-14)12-8-4-3-5-9-12/h12H,2-11H2,1H3,(H,17,18,19). The van der Waals surface area contributed by atoms with Crippen molar-refractivity contribution in [3.8, 4) is 0 Å². The van der Waals surface area contributed by atoms with Crippen molar-refractivity contribution < 1.29 is 9.53 Å². The SMILES string of the molecule is CCOC(=O)C1(c2n[nH]c(C3CCCCC3)n2)CCCC1. The molecular weight excluding hydrogens is 266 g/mol. The average Bonchev–Trinajstić information content (AvgIpc) is 3.18. The maximum Gasteiger partial charge on any atom is 0.319 e. The number of nitrogens with one attached hydrogen (secondary N) is 1. The van der Waals surface area contributed by atoms with Crippen LogP contribution in [0.25, 0.3) is 0 Å². The summed E-state index contributed by atoms with van der Waals surface area (Å²) >= 11 is 0. The van der Waals surface area contributed by atoms with Crippen molar-refractivity contribution in [1.29, 1.82) is 0 Å². The molecular formula is C16H25N3O2. The van der Waals surface area contributed by atoms with Gasteiger partial charge in [-0.05, 0) is 32.6 Å². The maximum atomic E-state index is 12.4. The zero-order valence-electron chi connectivity index (χ0n) is 12.9. The molecule has 0 radical (unpaired) electrons. The van der Waals surface area contributed by atoms with Crippen molar-refractivity contribution in [3.63, 3.8) is 0 Å². The van der Waals surface area contributed by atoms with E-state index >= 15 is 0 Å². The number of aromatic amines is 1. The Morgan fingerprint density at radius 1 is 1.24 bits per heavy atom. The van der Waals surface area contributed by atoms with Gasteiger partial charge in [0.2, 0.25) is 0 Å². The minimum atomic E-state index is -0.598. The van der Waals surface area contributed by atoms with Crippen LogP contribution in [0, 0.1) is 0 Å². The summed E-state index contributed by atoms with van der Waals surface area (Å²) in [7, 11) is 0. The highest BCUT2D eigenvalue weighted by molar-refractivity contribution is 5.82. The molecule has 5 nitrogen and oxygen atoms in total. The van der Waals surface area contributed by atoms with Crippen LogP contribution in [0.2, 0.25) is 0 Å². The van der Waals surface area contributed by atoms with E-state index in [1.807, 2.05) is 6.92 Å². The van der Waals surface area contributed by atoms with Crippen molar-refractivity contribution in [2.75, 3.05) is 6.61 Å². The molecule has 2 aliphatic rings. The number of hydrogen-bond donors (Lipinski definition) is 1. The van der Waals surface area contributed by atoms with Gasteiger partial charge in [0.05, 0.1) is 6.61 Å². The zero-order chi connectivity index (χ0) is 14.7. The molecule has 1 aromatic rings. The molecule has 0 unspecified atom stereocenters. The smallest absolute Gasteiger partial charge is 0.319 e. The number of esters is 1. The van der Waals surface area contributed by atoms with Gasteiger partial charge in [-0.2, -0.15) is 5.10 Å². The normalized spacial score (nSPS) is 22.3. The second-order valence-corrected chi connectivity index (χ2v) is 6.39. The summed E-state index contributed by atoms with van der Waals surface area (Å²) in [6.07, 6.45) is 9.94. The third-order valence-corrected chi connectivity index (χ3v) is 5.05. The van der Waals surface area contributed by atoms with Crippen molar-refractivity contribution in [1.82, 2.24) is 15.2 Å². The highest BCUT2D eigenvalue weighted by Crippen LogP contribution is 2.41. The van der Waals surface area contributed by atoms with Gasteiger partial charge in [0.15, 0.2) is 5.82 Å². The third kappa shape index (κ3) is 2.70. The molecule has 2 fully saturated rings. The van der Waals surface area contributed by atoms with Crippen molar-refractivity contribution in [2.45, 2.75) is 76.0 Å². The summed E-state index contributed by atoms with van der Waals surface area (Å²) in [5.41, 5.74) is -0.598. The van der Waals surface area contributed by atoms with Gasteiger partial charge in [0, 0.05) is 5.92 Å². The van der Waals surface area contributed by atoms with E-state index in [4.69, 9.17) is 9.72 Å². The predicted octanol–water partition coefficient (Wildman–Crippen LogP) is 3.23. The first-order valence-corrected chi connectivity index (χ1v) is 8.36. The van der Waals surface area contributed by atoms with Crippen molar-refractivity contribution in [3.05, 3.63) is 11.6 Å². The number of rotatable bonds is 4. The fourth-order valence-corrected chi connectivity index (χ4v) is 3.81. The van der Waals surface area contributed by atoms with Crippen LogP contribution in [0.5, 0.6) is 0 Å². The third-order valence-electron chi connectivity index (χ3n) is 5.05. The topological polar surface area (TPSA) is 67.9 Å². The lowest BCUT2D eigenvalue weighted by Gasteiger charge is -2.23. The Hall–Kier alpha value is -1.39. The van der Waals surface area contributed by atoms with E-state index in [-0.39, 0.29) is 5.97 Å². The Bertz CT molecular complexity index is 485. The number of carbonyl (C=O) groups excluding carboxylic acids is 1. The molecule has 1 heterocycles. The highest BCUT2D eigenvalue weighted by Gasteiger charge is 2.47. The van der Waals surface area contributed by atoms with Crippen molar-refractivity contribution in [2.24, 2.45) is 0 Å². The van der Waals surface area contributed by atoms with E-state index in [2.05, 4.69) is 10.2 Å². The lowest BCUT2D eigenvalue weighted by molar-refractivity contribution is -0.150. The van der Waals surface area contributed by atoms with E-state index in [1.54, 1.807) is 0 Å². The number of ether oxygens (including phenoxy) is 1. The Kier molecular flexibility index (Phi) is 4.27. The summed E-state index contributed by atoms with van der Waals surface area (Å²) in [5, 5.41) is 7.52. The molecule has 0 aliphatic heterocycles. The molecule has 1 N–H and O–H groups in total. The average molecular weight is 291 g/mol. The van der Waals surface area contributed by atoms with Gasteiger partial charge < -0.3 is 4.74 Å². The molecule has 3 rings (SSSR count). The van der Waals surface area contributed by atoms with Crippen LogP contribution in [0.1, 0.15) is 82.3 Å². The number of nitrogens with zero attached hydrogens (tertiary/aromatic N) is 2. The fourth-order valence-electron chi connectivity index (χ4n) is 3.81. The molecule has 0 bridgehead atoms. The molecule has 2 aliphatic carbocycles. The van der Waals surface area contributed by atoms with Gasteiger partial charge in [-0.1, -0.05) is 32.1 Å². The van der Waals surface area contributed by atoms with E-state index in [9.17, 15) is 4.79 Å². The maximum absolute atomic E-state index is 12.4. The Morgan fingerprint density at radius 3 is 2.62 bits per heavy atom. The molecule has 0 spiro atoms. The second-order valence-electron chi connectivity index (χ2n) is 6.39. The molecule has 1 aromatic heterocycles. The van der Waals surface area contributed by atoms with E-state index < -0.39 is 5.41 Å². The molecule has 0 saturated heterocycles. The Labute approximate surface area is 125 Å². The van der Waals surface area contributed by atoms with Crippen LogP contribution in [-0.4, -0.2) is 27.8 Å². The summed E-state index contributed by atoms with van der Waals surface area (Å²) in [6.45, 7) is 2.27. The van der Waals surface area contributed by atoms with E-state index in [0.717, 1.165) is 31.5 Å². The van der Waals surface area contributed by atoms with E-state index in [1.165, 1.54) is 32.1 Å². The first kappa shape index (κ1) is 14.5. The predicted molar refractivity (Wildman–Crippen MR) is 79.0 cm³/mol. The summed E-state index contributed by atoms with van der Waals surface area (Å²) in [6, 6.07) is 0. The van der Waals surface area contributed by atoms with E-state index in [0.29, 0.717) is 18.3 Å². The Balaban J connectivity index is 1.83. The Morgan fingerprint density at radius 2 is 1.95 bits per heavy atom.